The van der Waals surface area contributed by atoms with Gasteiger partial charge in [0, 0.05) is 0 Å². The van der Waals surface area contributed by atoms with Gasteiger partial charge in [-0.15, -0.1) is 0 Å². The Hall–Kier alpha value is -1.30. The van der Waals surface area contributed by atoms with Crippen LogP contribution in [0.1, 0.15) is 80.7 Å². The van der Waals surface area contributed by atoms with E-state index in [0.717, 1.165) is 18.3 Å². The van der Waals surface area contributed by atoms with Gasteiger partial charge in [-0.05, 0) is 109 Å². The molecule has 0 nitrogen and oxygen atoms in total. The molecule has 140 valence electrons. The zero-order valence-electron chi connectivity index (χ0n) is 17.5. The summed E-state index contributed by atoms with van der Waals surface area (Å²) in [6, 6.07) is 2.40. The van der Waals surface area contributed by atoms with Crippen molar-refractivity contribution in [2.75, 3.05) is 0 Å². The Kier molecular flexibility index (Phi) is 4.25. The normalized spacial score (nSPS) is 36.1. The van der Waals surface area contributed by atoms with Crippen molar-refractivity contribution in [3.05, 3.63) is 52.1 Å². The lowest BCUT2D eigenvalue weighted by atomic mass is 9.46. The van der Waals surface area contributed by atoms with Crippen molar-refractivity contribution >= 4 is 6.08 Å². The molecule has 0 radical (unpaired) electrons. The molecule has 0 bridgehead atoms. The standard InChI is InChI=1S/C26H36/c1-17-15-21-10-8-11-22(21)23(20(17)4)16-26(6)19(3)13-14-25(5)18(2)9-7-12-24(25)26/h8,10,15,19,24H,2,7,9,11-14,16H2,1,3-6H3. The molecular formula is C26H36. The van der Waals surface area contributed by atoms with Crippen molar-refractivity contribution in [2.24, 2.45) is 22.7 Å². The fourth-order valence-corrected chi connectivity index (χ4v) is 6.65. The maximum absolute atomic E-state index is 4.55. The molecule has 0 N–H and O–H groups in total. The Morgan fingerprint density at radius 2 is 1.96 bits per heavy atom. The van der Waals surface area contributed by atoms with E-state index < -0.39 is 0 Å². The highest BCUT2D eigenvalue weighted by Crippen LogP contribution is 2.62. The zero-order chi connectivity index (χ0) is 18.7. The van der Waals surface area contributed by atoms with E-state index in [2.05, 4.69) is 59.4 Å². The molecule has 0 aliphatic heterocycles. The number of allylic oxidation sites excluding steroid dienone is 2. The second-order valence-electron chi connectivity index (χ2n) is 10.1. The van der Waals surface area contributed by atoms with Crippen LogP contribution in [0.5, 0.6) is 0 Å². The van der Waals surface area contributed by atoms with Crippen molar-refractivity contribution in [1.29, 1.82) is 0 Å². The summed E-state index contributed by atoms with van der Waals surface area (Å²) in [4.78, 5) is 0. The molecule has 1 aromatic rings. The van der Waals surface area contributed by atoms with Crippen LogP contribution in [0.4, 0.5) is 0 Å². The molecule has 2 saturated carbocycles. The van der Waals surface area contributed by atoms with Crippen LogP contribution in [0, 0.1) is 36.5 Å². The van der Waals surface area contributed by atoms with Gasteiger partial charge in [0.25, 0.3) is 0 Å². The molecule has 26 heavy (non-hydrogen) atoms. The van der Waals surface area contributed by atoms with E-state index in [1.54, 1.807) is 22.3 Å². The van der Waals surface area contributed by atoms with E-state index >= 15 is 0 Å². The summed E-state index contributed by atoms with van der Waals surface area (Å²) in [7, 11) is 0. The van der Waals surface area contributed by atoms with Gasteiger partial charge in [0.1, 0.15) is 0 Å². The first kappa shape index (κ1) is 18.1. The number of benzene rings is 1. The second kappa shape index (κ2) is 6.11. The molecule has 3 aliphatic rings. The Labute approximate surface area is 160 Å². The fraction of sp³-hybridized carbons (Fsp3) is 0.615. The minimum absolute atomic E-state index is 0.360. The average molecular weight is 349 g/mol. The number of fused-ring (bicyclic) bond motifs is 2. The first-order valence-corrected chi connectivity index (χ1v) is 10.7. The molecule has 0 spiro atoms. The topological polar surface area (TPSA) is 0 Å². The van der Waals surface area contributed by atoms with Gasteiger partial charge in [-0.2, -0.15) is 0 Å². The highest BCUT2D eigenvalue weighted by atomic mass is 14.6. The number of hydrogen-bond acceptors (Lipinski definition) is 0. The first-order valence-electron chi connectivity index (χ1n) is 10.7. The zero-order valence-corrected chi connectivity index (χ0v) is 17.5. The summed E-state index contributed by atoms with van der Waals surface area (Å²) in [6.45, 7) is 16.9. The highest BCUT2D eigenvalue weighted by Gasteiger charge is 2.54. The van der Waals surface area contributed by atoms with Gasteiger partial charge in [0.2, 0.25) is 0 Å². The largest absolute Gasteiger partial charge is 0.0993 e. The first-order chi connectivity index (χ1) is 12.3. The van der Waals surface area contributed by atoms with Crippen molar-refractivity contribution in [3.8, 4) is 0 Å². The summed E-state index contributed by atoms with van der Waals surface area (Å²) >= 11 is 0. The van der Waals surface area contributed by atoms with Crippen molar-refractivity contribution in [3.63, 3.8) is 0 Å². The van der Waals surface area contributed by atoms with Gasteiger partial charge in [0.15, 0.2) is 0 Å². The van der Waals surface area contributed by atoms with Gasteiger partial charge in [-0.1, -0.05) is 51.1 Å². The lowest BCUT2D eigenvalue weighted by molar-refractivity contribution is -0.0490. The van der Waals surface area contributed by atoms with Gasteiger partial charge >= 0.3 is 0 Å². The molecule has 0 heteroatoms. The average Bonchev–Trinajstić information content (AvgIpc) is 3.06. The van der Waals surface area contributed by atoms with Crippen LogP contribution in [0.3, 0.4) is 0 Å². The molecule has 0 saturated heterocycles. The third-order valence-electron chi connectivity index (χ3n) is 8.87. The van der Waals surface area contributed by atoms with Crippen LogP contribution < -0.4 is 0 Å². The van der Waals surface area contributed by atoms with E-state index in [-0.39, 0.29) is 0 Å². The van der Waals surface area contributed by atoms with E-state index in [9.17, 15) is 0 Å². The fourth-order valence-electron chi connectivity index (χ4n) is 6.65. The quantitative estimate of drug-likeness (QED) is 0.495. The van der Waals surface area contributed by atoms with Gasteiger partial charge in [-0.25, -0.2) is 0 Å². The molecule has 4 unspecified atom stereocenters. The Morgan fingerprint density at radius 3 is 2.73 bits per heavy atom. The van der Waals surface area contributed by atoms with Gasteiger partial charge < -0.3 is 0 Å². The van der Waals surface area contributed by atoms with Gasteiger partial charge in [0.05, 0.1) is 0 Å². The molecule has 2 fully saturated rings. The van der Waals surface area contributed by atoms with Crippen LogP contribution >= 0.6 is 0 Å². The van der Waals surface area contributed by atoms with E-state index in [0.29, 0.717) is 10.8 Å². The number of aryl methyl sites for hydroxylation is 1. The SMILES string of the molecule is C=C1CCCC2C1(C)CCC(C)C2(C)Cc1c(C)c(C)cc2c1CC=C2. The van der Waals surface area contributed by atoms with Crippen LogP contribution in [-0.2, 0) is 12.8 Å². The predicted octanol–water partition coefficient (Wildman–Crippen LogP) is 7.21. The van der Waals surface area contributed by atoms with Gasteiger partial charge in [-0.3, -0.25) is 0 Å². The second-order valence-corrected chi connectivity index (χ2v) is 10.1. The highest BCUT2D eigenvalue weighted by molar-refractivity contribution is 5.65. The minimum Gasteiger partial charge on any atom is -0.0993 e. The van der Waals surface area contributed by atoms with Crippen LogP contribution in [0.2, 0.25) is 0 Å². The number of rotatable bonds is 2. The van der Waals surface area contributed by atoms with E-state index in [1.807, 2.05) is 0 Å². The molecule has 0 heterocycles. The molecular weight excluding hydrogens is 312 g/mol. The predicted molar refractivity (Wildman–Crippen MR) is 113 cm³/mol. The lowest BCUT2D eigenvalue weighted by Crippen LogP contribution is -2.51. The molecule has 4 rings (SSSR count). The molecule has 1 aromatic carbocycles. The molecule has 0 aromatic heterocycles. The summed E-state index contributed by atoms with van der Waals surface area (Å²) < 4.78 is 0. The van der Waals surface area contributed by atoms with E-state index in [4.69, 9.17) is 0 Å². The molecule has 0 amide bonds. The van der Waals surface area contributed by atoms with Crippen molar-refractivity contribution in [2.45, 2.75) is 79.6 Å². The van der Waals surface area contributed by atoms with Crippen LogP contribution in [0.25, 0.3) is 6.08 Å². The Bertz CT molecular complexity index is 780. The maximum atomic E-state index is 4.55. The maximum Gasteiger partial charge on any atom is -0.00853 e. The Balaban J connectivity index is 1.79. The van der Waals surface area contributed by atoms with Crippen molar-refractivity contribution in [1.82, 2.24) is 0 Å². The van der Waals surface area contributed by atoms with Crippen LogP contribution in [-0.4, -0.2) is 0 Å². The summed E-state index contributed by atoms with van der Waals surface area (Å²) in [6.07, 6.45) is 13.8. The number of hydrogen-bond donors (Lipinski definition) is 0. The smallest absolute Gasteiger partial charge is 0.00853 e. The monoisotopic (exact) mass is 348 g/mol. The Morgan fingerprint density at radius 1 is 1.19 bits per heavy atom. The molecule has 3 aliphatic carbocycles. The van der Waals surface area contributed by atoms with Crippen molar-refractivity contribution < 1.29 is 0 Å². The minimum atomic E-state index is 0.360. The van der Waals surface area contributed by atoms with Crippen LogP contribution in [0.15, 0.2) is 24.3 Å². The molecule has 4 atom stereocenters. The van der Waals surface area contributed by atoms with E-state index in [1.165, 1.54) is 49.7 Å². The third kappa shape index (κ3) is 2.48. The summed E-state index contributed by atoms with van der Waals surface area (Å²) in [5.41, 5.74) is 10.1. The summed E-state index contributed by atoms with van der Waals surface area (Å²) in [5.74, 6) is 1.57. The lowest BCUT2D eigenvalue weighted by Gasteiger charge is -2.59. The third-order valence-corrected chi connectivity index (χ3v) is 8.87. The summed E-state index contributed by atoms with van der Waals surface area (Å²) in [5, 5.41) is 0.